The van der Waals surface area contributed by atoms with Crippen molar-refractivity contribution in [2.45, 2.75) is 25.9 Å². The first-order valence-electron chi connectivity index (χ1n) is 7.86. The minimum absolute atomic E-state index is 0.0184. The number of hydrogen-bond acceptors (Lipinski definition) is 7. The van der Waals surface area contributed by atoms with Gasteiger partial charge in [-0.15, -0.1) is 0 Å². The molecule has 1 aliphatic rings. The van der Waals surface area contributed by atoms with E-state index in [0.29, 0.717) is 11.4 Å². The van der Waals surface area contributed by atoms with Crippen molar-refractivity contribution in [3.8, 4) is 5.95 Å². The summed E-state index contributed by atoms with van der Waals surface area (Å²) in [5.41, 5.74) is 1.24. The highest BCUT2D eigenvalue weighted by Crippen LogP contribution is 2.24. The van der Waals surface area contributed by atoms with Crippen LogP contribution in [0.15, 0.2) is 28.8 Å². The average Bonchev–Trinajstić information content (AvgIpc) is 3.05. The van der Waals surface area contributed by atoms with Gasteiger partial charge in [0.05, 0.1) is 30.0 Å². The number of anilines is 2. The lowest BCUT2D eigenvalue weighted by atomic mass is 10.2. The monoisotopic (exact) mass is 359 g/mol. The van der Waals surface area contributed by atoms with E-state index in [4.69, 9.17) is 0 Å². The van der Waals surface area contributed by atoms with Crippen molar-refractivity contribution in [1.29, 1.82) is 0 Å². The summed E-state index contributed by atoms with van der Waals surface area (Å²) in [6.07, 6.45) is -0.0184. The maximum Gasteiger partial charge on any atom is 0.251 e. The Balaban J connectivity index is 1.69. The van der Waals surface area contributed by atoms with Crippen LogP contribution in [0.5, 0.6) is 5.95 Å². The third kappa shape index (κ3) is 3.40. The van der Waals surface area contributed by atoms with Gasteiger partial charge in [0.15, 0.2) is 13.0 Å². The Labute approximate surface area is 148 Å². The normalized spacial score (nSPS) is 17.0. The lowest BCUT2D eigenvalue weighted by Gasteiger charge is -2.15. The molecule has 0 aliphatic carbocycles. The molecule has 1 fully saturated rings. The Morgan fingerprint density at radius 2 is 2.08 bits per heavy atom. The summed E-state index contributed by atoms with van der Waals surface area (Å²) in [5, 5.41) is 20.5. The summed E-state index contributed by atoms with van der Waals surface area (Å²) in [4.78, 5) is 36.9. The van der Waals surface area contributed by atoms with E-state index in [2.05, 4.69) is 20.4 Å². The van der Waals surface area contributed by atoms with E-state index in [-0.39, 0.29) is 30.5 Å². The highest BCUT2D eigenvalue weighted by molar-refractivity contribution is 6.22. The first kappa shape index (κ1) is 17.5. The van der Waals surface area contributed by atoms with Crippen LogP contribution in [0.25, 0.3) is 0 Å². The molecule has 1 unspecified atom stereocenters. The third-order valence-electron chi connectivity index (χ3n) is 3.98. The maximum absolute atomic E-state index is 12.6. The third-order valence-corrected chi connectivity index (χ3v) is 3.98. The summed E-state index contributed by atoms with van der Waals surface area (Å²) in [7, 11) is 1.55. The van der Waals surface area contributed by atoms with Crippen molar-refractivity contribution in [1.82, 2.24) is 10.6 Å². The van der Waals surface area contributed by atoms with Gasteiger partial charge < -0.3 is 14.9 Å². The second-order valence-corrected chi connectivity index (χ2v) is 5.86. The number of nitrogens with one attached hydrogen (secondary N) is 2. The maximum atomic E-state index is 12.6. The molecule has 3 amide bonds. The molecule has 2 aromatic rings. The van der Waals surface area contributed by atoms with Crippen molar-refractivity contribution in [2.24, 2.45) is 7.05 Å². The van der Waals surface area contributed by atoms with E-state index in [9.17, 15) is 19.5 Å². The highest BCUT2D eigenvalue weighted by atomic mass is 16.6. The molecule has 1 aromatic carbocycles. The number of nitrogens with zero attached hydrogens (tertiary/aromatic N) is 3. The molecule has 0 bridgehead atoms. The van der Waals surface area contributed by atoms with Crippen LogP contribution in [0, 0.1) is 0 Å². The van der Waals surface area contributed by atoms with E-state index >= 15 is 0 Å². The molecule has 1 atom stereocenters. The van der Waals surface area contributed by atoms with Crippen LogP contribution >= 0.6 is 0 Å². The first-order chi connectivity index (χ1) is 12.4. The number of carbonyl (C=O) groups is 3. The minimum atomic E-state index is -0.744. The number of aromatic nitrogens is 2. The van der Waals surface area contributed by atoms with Crippen LogP contribution in [0.3, 0.4) is 0 Å². The molecule has 1 aliphatic heterocycles. The largest absolute Gasteiger partial charge is 0.539 e. The lowest BCUT2D eigenvalue weighted by Crippen LogP contribution is -2.42. The fourth-order valence-electron chi connectivity index (χ4n) is 2.70. The Bertz CT molecular complexity index is 841. The molecule has 0 radical (unpaired) electrons. The van der Waals surface area contributed by atoms with Gasteiger partial charge in [-0.05, 0) is 24.3 Å². The Hall–Kier alpha value is -3.27. The number of aryl methyl sites for hydroxylation is 1. The number of benzene rings is 1. The quantitative estimate of drug-likeness (QED) is 0.514. The van der Waals surface area contributed by atoms with Crippen LogP contribution in [0.2, 0.25) is 0 Å². The molecule has 2 N–H and O–H groups in total. The molecule has 10 heteroatoms. The molecule has 1 aromatic heterocycles. The standard InChI is InChI=1S/C16H17N5O5/c1-9(22)18-10-3-5-11(6-4-10)21-14(23)7-12(15(21)24)17-8-13-16(25)26-19-20(13)2/h3-6,12,17H,7-8H2,1-2H3,(H-,18,19,22,25). The molecule has 0 saturated carbocycles. The fraction of sp³-hybridized carbons (Fsp3) is 0.312. The van der Waals surface area contributed by atoms with Crippen molar-refractivity contribution in [3.63, 3.8) is 0 Å². The molecule has 3 rings (SSSR count). The molecule has 26 heavy (non-hydrogen) atoms. The van der Waals surface area contributed by atoms with Crippen LogP contribution < -0.4 is 25.3 Å². The zero-order valence-electron chi connectivity index (χ0n) is 14.2. The number of amides is 3. The average molecular weight is 359 g/mol. The Morgan fingerprint density at radius 1 is 1.38 bits per heavy atom. The van der Waals surface area contributed by atoms with Crippen molar-refractivity contribution in [3.05, 3.63) is 30.0 Å². The summed E-state index contributed by atoms with van der Waals surface area (Å²) in [6, 6.07) is 5.64. The van der Waals surface area contributed by atoms with Gasteiger partial charge in [-0.2, -0.15) is 0 Å². The summed E-state index contributed by atoms with van der Waals surface area (Å²) < 4.78 is 5.79. The second-order valence-electron chi connectivity index (χ2n) is 5.86. The molecule has 0 spiro atoms. The van der Waals surface area contributed by atoms with Crippen molar-refractivity contribution >= 4 is 29.1 Å². The van der Waals surface area contributed by atoms with E-state index in [1.807, 2.05) is 0 Å². The number of carbonyl (C=O) groups excluding carboxylic acids is 3. The SMILES string of the molecule is CC(=O)Nc1ccc(N2C(=O)CC(NCc3c([O-])on[n+]3C)C2=O)cc1. The second kappa shape index (κ2) is 6.92. The van der Waals surface area contributed by atoms with Gasteiger partial charge in [0.2, 0.25) is 17.5 Å². The highest BCUT2D eigenvalue weighted by Gasteiger charge is 2.39. The van der Waals surface area contributed by atoms with E-state index in [1.54, 1.807) is 31.3 Å². The number of rotatable bonds is 5. The van der Waals surface area contributed by atoms with E-state index in [1.165, 1.54) is 11.6 Å². The lowest BCUT2D eigenvalue weighted by molar-refractivity contribution is -0.746. The minimum Gasteiger partial charge on any atom is -0.539 e. The molecule has 1 saturated heterocycles. The van der Waals surface area contributed by atoms with Gasteiger partial charge in [0.25, 0.3) is 5.91 Å². The van der Waals surface area contributed by atoms with Crippen LogP contribution in [-0.2, 0) is 28.0 Å². The molecule has 2 heterocycles. The summed E-state index contributed by atoms with van der Waals surface area (Å²) >= 11 is 0. The van der Waals surface area contributed by atoms with Crippen LogP contribution in [0.1, 0.15) is 19.0 Å². The van der Waals surface area contributed by atoms with Crippen molar-refractivity contribution in [2.75, 3.05) is 10.2 Å². The van der Waals surface area contributed by atoms with Crippen LogP contribution in [-0.4, -0.2) is 29.0 Å². The van der Waals surface area contributed by atoms with Gasteiger partial charge in [-0.25, -0.2) is 4.90 Å². The van der Waals surface area contributed by atoms with Gasteiger partial charge in [0.1, 0.15) is 0 Å². The van der Waals surface area contributed by atoms with Gasteiger partial charge >= 0.3 is 0 Å². The molecule has 10 nitrogen and oxygen atoms in total. The summed E-state index contributed by atoms with van der Waals surface area (Å²) in [6.45, 7) is 1.44. The molecule has 136 valence electrons. The first-order valence-corrected chi connectivity index (χ1v) is 7.86. The summed E-state index contributed by atoms with van der Waals surface area (Å²) in [5.74, 6) is -1.57. The van der Waals surface area contributed by atoms with Gasteiger partial charge in [-0.3, -0.25) is 19.7 Å². The Kier molecular flexibility index (Phi) is 4.67. The predicted octanol–water partition coefficient (Wildman–Crippen LogP) is -1.05. The fourth-order valence-corrected chi connectivity index (χ4v) is 2.70. The smallest absolute Gasteiger partial charge is 0.251 e. The molecular formula is C16H17N5O5. The number of imide groups is 1. The number of hydrogen-bond donors (Lipinski definition) is 2. The van der Waals surface area contributed by atoms with Gasteiger partial charge in [0, 0.05) is 12.6 Å². The topological polar surface area (TPSA) is 131 Å². The van der Waals surface area contributed by atoms with E-state index < -0.39 is 17.9 Å². The zero-order valence-corrected chi connectivity index (χ0v) is 14.2. The predicted molar refractivity (Wildman–Crippen MR) is 85.6 cm³/mol. The van der Waals surface area contributed by atoms with Gasteiger partial charge in [-0.1, -0.05) is 4.68 Å². The Morgan fingerprint density at radius 3 is 2.65 bits per heavy atom. The van der Waals surface area contributed by atoms with E-state index in [0.717, 1.165) is 4.90 Å². The van der Waals surface area contributed by atoms with Crippen LogP contribution in [0.4, 0.5) is 11.4 Å². The van der Waals surface area contributed by atoms with Crippen molar-refractivity contribution < 1.29 is 28.7 Å². The zero-order chi connectivity index (χ0) is 18.8. The molecular weight excluding hydrogens is 342 g/mol.